The lowest BCUT2D eigenvalue weighted by Crippen LogP contribution is -2.39. The van der Waals surface area contributed by atoms with Crippen molar-refractivity contribution >= 4 is 8.53 Å². The highest BCUT2D eigenvalue weighted by molar-refractivity contribution is 7.44. The van der Waals surface area contributed by atoms with Crippen LogP contribution in [0.2, 0.25) is 0 Å². The zero-order valence-corrected chi connectivity index (χ0v) is 29.9. The number of methoxy groups -OCH3 is 2. The minimum absolute atomic E-state index is 0.00187. The largest absolute Gasteiger partial charge is 0.497 e. The number of rotatable bonds is 19. The van der Waals surface area contributed by atoms with Crippen LogP contribution in [0.3, 0.4) is 0 Å². The first kappa shape index (κ1) is 37.2. The number of hydrogen-bond acceptors (Lipinski definition) is 9. The Hall–Kier alpha value is -2.59. The van der Waals surface area contributed by atoms with Gasteiger partial charge in [0.05, 0.1) is 52.9 Å². The molecule has 3 aromatic carbocycles. The van der Waals surface area contributed by atoms with Gasteiger partial charge in [0.15, 0.2) is 0 Å². The summed E-state index contributed by atoms with van der Waals surface area (Å²) in [4.78, 5) is 0. The Morgan fingerprint density at radius 2 is 1.36 bits per heavy atom. The summed E-state index contributed by atoms with van der Waals surface area (Å²) in [6, 6.07) is 26.8. The summed E-state index contributed by atoms with van der Waals surface area (Å²) >= 11 is 0. The molecule has 10 heteroatoms. The van der Waals surface area contributed by atoms with Crippen molar-refractivity contribution < 1.29 is 32.7 Å². The predicted octanol–water partition coefficient (Wildman–Crippen LogP) is 6.91. The Morgan fingerprint density at radius 3 is 1.87 bits per heavy atom. The summed E-state index contributed by atoms with van der Waals surface area (Å²) in [6.45, 7) is 12.9. The summed E-state index contributed by atoms with van der Waals surface area (Å²) in [5, 5.41) is 0. The van der Waals surface area contributed by atoms with Gasteiger partial charge in [-0.3, -0.25) is 0 Å². The lowest BCUT2D eigenvalue weighted by molar-refractivity contribution is -0.0779. The van der Waals surface area contributed by atoms with E-state index in [1.165, 1.54) is 0 Å². The molecule has 258 valence electrons. The van der Waals surface area contributed by atoms with Gasteiger partial charge in [0.1, 0.15) is 23.2 Å². The summed E-state index contributed by atoms with van der Waals surface area (Å²) in [5.41, 5.74) is 7.57. The third-order valence-corrected chi connectivity index (χ3v) is 10.3. The predicted molar refractivity (Wildman–Crippen MR) is 187 cm³/mol. The fourth-order valence-corrected chi connectivity index (χ4v) is 7.80. The molecule has 4 unspecified atom stereocenters. The molecule has 1 saturated heterocycles. The molecule has 0 amide bonds. The van der Waals surface area contributed by atoms with Gasteiger partial charge >= 0.3 is 0 Å². The zero-order chi connectivity index (χ0) is 33.8. The van der Waals surface area contributed by atoms with Crippen LogP contribution < -0.4 is 15.2 Å². The van der Waals surface area contributed by atoms with E-state index in [1.807, 2.05) is 42.5 Å². The second kappa shape index (κ2) is 18.2. The van der Waals surface area contributed by atoms with Crippen LogP contribution in [-0.2, 0) is 28.9 Å². The van der Waals surface area contributed by atoms with Crippen LogP contribution in [0.1, 0.15) is 57.7 Å². The molecule has 4 rings (SSSR count). The molecule has 4 atom stereocenters. The topological polar surface area (TPSA) is 93.9 Å². The van der Waals surface area contributed by atoms with Crippen LogP contribution in [0.25, 0.3) is 0 Å². The van der Waals surface area contributed by atoms with Crippen molar-refractivity contribution in [2.45, 2.75) is 77.0 Å². The lowest BCUT2D eigenvalue weighted by Gasteiger charge is -2.39. The normalized spacial score (nSPS) is 19.1. The van der Waals surface area contributed by atoms with Gasteiger partial charge in [-0.1, -0.05) is 54.6 Å². The van der Waals surface area contributed by atoms with Crippen molar-refractivity contribution in [2.24, 2.45) is 5.73 Å². The fourth-order valence-electron chi connectivity index (χ4n) is 6.06. The minimum atomic E-state index is -1.40. The average Bonchev–Trinajstić information content (AvgIpc) is 3.43. The van der Waals surface area contributed by atoms with Gasteiger partial charge in [0.2, 0.25) is 0 Å². The van der Waals surface area contributed by atoms with Crippen LogP contribution in [0.4, 0.5) is 0 Å². The zero-order valence-electron chi connectivity index (χ0n) is 29.0. The molecule has 0 spiro atoms. The van der Waals surface area contributed by atoms with Crippen molar-refractivity contribution in [2.75, 3.05) is 47.2 Å². The van der Waals surface area contributed by atoms with E-state index in [0.717, 1.165) is 34.6 Å². The molecule has 1 aliphatic rings. The summed E-state index contributed by atoms with van der Waals surface area (Å²) in [6.07, 6.45) is 0.167. The monoisotopic (exact) mass is 668 g/mol. The van der Waals surface area contributed by atoms with E-state index in [9.17, 15) is 0 Å². The number of nitrogens with two attached hydrogens (primary N) is 1. The van der Waals surface area contributed by atoms with Gasteiger partial charge in [0.25, 0.3) is 8.53 Å². The van der Waals surface area contributed by atoms with E-state index < -0.39 is 14.1 Å². The summed E-state index contributed by atoms with van der Waals surface area (Å²) in [5.74, 6) is 1.54. The van der Waals surface area contributed by atoms with E-state index in [4.69, 9.17) is 38.5 Å². The van der Waals surface area contributed by atoms with Crippen molar-refractivity contribution in [1.82, 2.24) is 4.67 Å². The molecule has 0 radical (unpaired) electrons. The molecule has 0 saturated carbocycles. The molecule has 1 heterocycles. The van der Waals surface area contributed by atoms with Gasteiger partial charge in [-0.25, -0.2) is 4.67 Å². The molecule has 47 heavy (non-hydrogen) atoms. The van der Waals surface area contributed by atoms with Crippen LogP contribution in [-0.4, -0.2) is 82.3 Å². The second-order valence-corrected chi connectivity index (χ2v) is 13.6. The van der Waals surface area contributed by atoms with Gasteiger partial charge in [-0.2, -0.15) is 0 Å². The second-order valence-electron chi connectivity index (χ2n) is 12.2. The van der Waals surface area contributed by atoms with E-state index in [2.05, 4.69) is 75.7 Å². The standard InChI is InChI=1S/C37H53N2O7P/c1-27(2)39(28(3)4)47(44-24-23-42-22-21-38)46-35-25-29(5)45-36(35)26-43-37(30-11-9-8-10-12-30,31-13-17-33(40-6)18-14-31)32-15-19-34(41-7)20-16-32/h8-20,27-29,35-36H,21-26,38H2,1-7H3. The van der Waals surface area contributed by atoms with Crippen molar-refractivity contribution in [3.05, 3.63) is 95.6 Å². The Balaban J connectivity index is 1.68. The number of hydrogen-bond donors (Lipinski definition) is 1. The highest BCUT2D eigenvalue weighted by atomic mass is 31.2. The van der Waals surface area contributed by atoms with Crippen molar-refractivity contribution in [3.63, 3.8) is 0 Å². The third kappa shape index (κ3) is 9.52. The molecule has 2 N–H and O–H groups in total. The lowest BCUT2D eigenvalue weighted by atomic mass is 9.80. The van der Waals surface area contributed by atoms with Crippen LogP contribution in [0.5, 0.6) is 11.5 Å². The molecule has 0 aliphatic carbocycles. The van der Waals surface area contributed by atoms with Crippen LogP contribution >= 0.6 is 8.53 Å². The molecular weight excluding hydrogens is 615 g/mol. The minimum Gasteiger partial charge on any atom is -0.497 e. The van der Waals surface area contributed by atoms with Crippen molar-refractivity contribution in [3.8, 4) is 11.5 Å². The van der Waals surface area contributed by atoms with Gasteiger partial charge in [-0.05, 0) is 75.6 Å². The molecule has 9 nitrogen and oxygen atoms in total. The Morgan fingerprint density at radius 1 is 0.809 bits per heavy atom. The number of ether oxygens (including phenoxy) is 5. The molecule has 0 bridgehead atoms. The Labute approximate surface area is 282 Å². The highest BCUT2D eigenvalue weighted by Crippen LogP contribution is 2.49. The average molecular weight is 669 g/mol. The first-order chi connectivity index (χ1) is 22.7. The Kier molecular flexibility index (Phi) is 14.5. The van der Waals surface area contributed by atoms with E-state index in [0.29, 0.717) is 26.4 Å². The number of benzene rings is 3. The molecular formula is C37H53N2O7P. The summed E-state index contributed by atoms with van der Waals surface area (Å²) in [7, 11) is 1.94. The maximum absolute atomic E-state index is 7.19. The van der Waals surface area contributed by atoms with Gasteiger partial charge < -0.3 is 38.5 Å². The van der Waals surface area contributed by atoms with E-state index in [1.54, 1.807) is 14.2 Å². The van der Waals surface area contributed by atoms with Gasteiger partial charge in [-0.15, -0.1) is 0 Å². The fraction of sp³-hybridized carbons (Fsp3) is 0.514. The first-order valence-electron chi connectivity index (χ1n) is 16.5. The molecule has 1 aliphatic heterocycles. The highest BCUT2D eigenvalue weighted by Gasteiger charge is 2.43. The summed E-state index contributed by atoms with van der Waals surface area (Å²) < 4.78 is 45.9. The smallest absolute Gasteiger partial charge is 0.259 e. The third-order valence-electron chi connectivity index (χ3n) is 8.19. The first-order valence-corrected chi connectivity index (χ1v) is 17.7. The molecule has 3 aromatic rings. The SMILES string of the molecule is COc1ccc(C(OCC2OC(C)CC2OP(OCCOCCN)N(C(C)C)C(C)C)(c2ccccc2)c2ccc(OC)cc2)cc1. The Bertz CT molecular complexity index is 1260. The molecule has 0 aromatic heterocycles. The van der Waals surface area contributed by atoms with E-state index in [-0.39, 0.29) is 37.0 Å². The number of nitrogens with zero attached hydrogens (tertiary/aromatic N) is 1. The van der Waals surface area contributed by atoms with Crippen LogP contribution in [0.15, 0.2) is 78.9 Å². The van der Waals surface area contributed by atoms with Crippen molar-refractivity contribution in [1.29, 1.82) is 0 Å². The van der Waals surface area contributed by atoms with Gasteiger partial charge in [0, 0.05) is 25.0 Å². The quantitative estimate of drug-likeness (QED) is 0.0831. The van der Waals surface area contributed by atoms with Crippen LogP contribution in [0, 0.1) is 0 Å². The maximum atomic E-state index is 7.19. The maximum Gasteiger partial charge on any atom is 0.259 e. The molecule has 1 fully saturated rings. The van der Waals surface area contributed by atoms with E-state index >= 15 is 0 Å².